The Kier molecular flexibility index (Phi) is 10.4. The Morgan fingerprint density at radius 2 is 1.94 bits per heavy atom. The summed E-state index contributed by atoms with van der Waals surface area (Å²) in [6, 6.07) is 4.82. The zero-order valence-electron chi connectivity index (χ0n) is 18.0. The number of halogens is 4. The third-order valence-electron chi connectivity index (χ3n) is 4.86. The van der Waals surface area contributed by atoms with Gasteiger partial charge in [0.2, 0.25) is 0 Å². The van der Waals surface area contributed by atoms with E-state index >= 15 is 0 Å². The molecule has 1 aliphatic rings. The van der Waals surface area contributed by atoms with Gasteiger partial charge in [-0.1, -0.05) is 13.0 Å². The lowest BCUT2D eigenvalue weighted by Gasteiger charge is -2.21. The minimum Gasteiger partial charge on any atom is -0.489 e. The lowest BCUT2D eigenvalue weighted by Crippen LogP contribution is -2.43. The molecule has 1 aliphatic carbocycles. The molecule has 0 saturated heterocycles. The van der Waals surface area contributed by atoms with Crippen molar-refractivity contribution in [3.8, 4) is 5.75 Å². The van der Waals surface area contributed by atoms with Crippen molar-refractivity contribution in [2.45, 2.75) is 45.4 Å². The number of ether oxygens (including phenoxy) is 1. The smallest absolute Gasteiger partial charge is 0.416 e. The fourth-order valence-corrected chi connectivity index (χ4v) is 4.58. The average Bonchev–Trinajstić information content (AvgIpc) is 3.40. The van der Waals surface area contributed by atoms with Gasteiger partial charge in [-0.05, 0) is 44.4 Å². The van der Waals surface area contributed by atoms with E-state index in [4.69, 9.17) is 4.74 Å². The van der Waals surface area contributed by atoms with Crippen LogP contribution in [0, 0.1) is 5.41 Å². The molecule has 1 unspecified atom stereocenters. The van der Waals surface area contributed by atoms with E-state index < -0.39 is 21.6 Å². The largest absolute Gasteiger partial charge is 0.489 e. The van der Waals surface area contributed by atoms with Gasteiger partial charge in [-0.2, -0.15) is 13.2 Å². The van der Waals surface area contributed by atoms with E-state index in [1.54, 1.807) is 0 Å². The molecule has 11 heteroatoms. The third kappa shape index (κ3) is 9.84. The summed E-state index contributed by atoms with van der Waals surface area (Å²) in [6.07, 6.45) is -1.30. The summed E-state index contributed by atoms with van der Waals surface area (Å²) in [5.74, 6) is 0.813. The molecule has 0 spiro atoms. The van der Waals surface area contributed by atoms with Crippen LogP contribution in [0.3, 0.4) is 0 Å². The zero-order chi connectivity index (χ0) is 22.4. The molecule has 0 amide bonds. The maximum atomic E-state index is 12.9. The number of hydrogen-bond acceptors (Lipinski definition) is 4. The number of sulfone groups is 1. The number of rotatable bonds is 10. The van der Waals surface area contributed by atoms with E-state index in [0.717, 1.165) is 25.0 Å². The minimum atomic E-state index is -4.42. The molecule has 0 bridgehead atoms. The molecule has 31 heavy (non-hydrogen) atoms. The SMILES string of the molecule is CCNC(=NCC1(CS(C)(=O)=O)CC1)NCC(CC)Oc1cccc(C(F)(F)F)c1.I. The Morgan fingerprint density at radius 3 is 2.45 bits per heavy atom. The fourth-order valence-electron chi connectivity index (χ4n) is 3.09. The highest BCUT2D eigenvalue weighted by atomic mass is 127. The van der Waals surface area contributed by atoms with E-state index in [1.165, 1.54) is 18.4 Å². The molecular weight excluding hydrogens is 546 g/mol. The lowest BCUT2D eigenvalue weighted by atomic mass is 10.1. The Bertz CT molecular complexity index is 844. The Hall–Kier alpha value is -1.24. The van der Waals surface area contributed by atoms with Crippen LogP contribution in [0.2, 0.25) is 0 Å². The Balaban J connectivity index is 0.00000480. The van der Waals surface area contributed by atoms with Gasteiger partial charge in [-0.15, -0.1) is 24.0 Å². The summed E-state index contributed by atoms with van der Waals surface area (Å²) >= 11 is 0. The predicted octanol–water partition coefficient (Wildman–Crippen LogP) is 3.86. The van der Waals surface area contributed by atoms with Crippen molar-refractivity contribution in [2.24, 2.45) is 10.4 Å². The predicted molar refractivity (Wildman–Crippen MR) is 127 cm³/mol. The number of alkyl halides is 3. The molecule has 2 rings (SSSR count). The van der Waals surface area contributed by atoms with Crippen molar-refractivity contribution in [3.05, 3.63) is 29.8 Å². The quantitative estimate of drug-likeness (QED) is 0.251. The van der Waals surface area contributed by atoms with Gasteiger partial charge >= 0.3 is 6.18 Å². The second kappa shape index (κ2) is 11.6. The highest BCUT2D eigenvalue weighted by Gasteiger charge is 2.45. The van der Waals surface area contributed by atoms with Crippen LogP contribution >= 0.6 is 24.0 Å². The van der Waals surface area contributed by atoms with E-state index in [-0.39, 0.29) is 47.0 Å². The lowest BCUT2D eigenvalue weighted by molar-refractivity contribution is -0.137. The first kappa shape index (κ1) is 27.8. The maximum Gasteiger partial charge on any atom is 0.416 e. The fraction of sp³-hybridized carbons (Fsp3) is 0.650. The normalized spacial score (nSPS) is 16.8. The molecule has 1 fully saturated rings. The van der Waals surface area contributed by atoms with E-state index in [1.807, 2.05) is 13.8 Å². The third-order valence-corrected chi connectivity index (χ3v) is 6.00. The number of nitrogens with zero attached hydrogens (tertiary/aromatic N) is 1. The molecule has 0 radical (unpaired) electrons. The van der Waals surface area contributed by atoms with Crippen LogP contribution in [0.25, 0.3) is 0 Å². The number of nitrogens with one attached hydrogen (secondary N) is 2. The average molecular weight is 577 g/mol. The molecule has 2 N–H and O–H groups in total. The monoisotopic (exact) mass is 577 g/mol. The van der Waals surface area contributed by atoms with Crippen molar-refractivity contribution >= 4 is 39.8 Å². The van der Waals surface area contributed by atoms with Gasteiger partial charge in [0.15, 0.2) is 5.96 Å². The van der Waals surface area contributed by atoms with Crippen LogP contribution in [-0.4, -0.2) is 52.1 Å². The highest BCUT2D eigenvalue weighted by Crippen LogP contribution is 2.46. The van der Waals surface area contributed by atoms with Crippen molar-refractivity contribution in [2.75, 3.05) is 31.6 Å². The van der Waals surface area contributed by atoms with Gasteiger partial charge < -0.3 is 15.4 Å². The topological polar surface area (TPSA) is 79.8 Å². The molecule has 1 aromatic rings. The first-order chi connectivity index (χ1) is 14.0. The molecule has 0 aliphatic heterocycles. The summed E-state index contributed by atoms with van der Waals surface area (Å²) in [5.41, 5.74) is -1.03. The van der Waals surface area contributed by atoms with Crippen LogP contribution in [0.15, 0.2) is 29.3 Å². The maximum absolute atomic E-state index is 12.9. The van der Waals surface area contributed by atoms with Crippen molar-refractivity contribution in [3.63, 3.8) is 0 Å². The molecule has 178 valence electrons. The molecule has 1 saturated carbocycles. The highest BCUT2D eigenvalue weighted by molar-refractivity contribution is 14.0. The Labute approximate surface area is 199 Å². The summed E-state index contributed by atoms with van der Waals surface area (Å²) in [7, 11) is -3.07. The van der Waals surface area contributed by atoms with Gasteiger partial charge in [0.05, 0.1) is 17.9 Å². The second-order valence-corrected chi connectivity index (χ2v) is 9.96. The van der Waals surface area contributed by atoms with Gasteiger partial charge in [0.25, 0.3) is 0 Å². The number of hydrogen-bond donors (Lipinski definition) is 2. The van der Waals surface area contributed by atoms with Crippen LogP contribution in [0.1, 0.15) is 38.7 Å². The molecular formula is C20H31F3IN3O3S. The minimum absolute atomic E-state index is 0. The first-order valence-corrected chi connectivity index (χ1v) is 12.1. The molecule has 1 atom stereocenters. The number of guanidine groups is 1. The van der Waals surface area contributed by atoms with Gasteiger partial charge in [-0.3, -0.25) is 4.99 Å². The first-order valence-electron chi connectivity index (χ1n) is 10.0. The van der Waals surface area contributed by atoms with Gasteiger partial charge in [-0.25, -0.2) is 8.42 Å². The summed E-state index contributed by atoms with van der Waals surface area (Å²) in [6.45, 7) is 5.17. The van der Waals surface area contributed by atoms with Crippen molar-refractivity contribution in [1.82, 2.24) is 10.6 Å². The van der Waals surface area contributed by atoms with Crippen LogP contribution in [0.4, 0.5) is 13.2 Å². The summed E-state index contributed by atoms with van der Waals surface area (Å²) in [5, 5.41) is 6.25. The van der Waals surface area contributed by atoms with Gasteiger partial charge in [0.1, 0.15) is 21.7 Å². The molecule has 0 aromatic heterocycles. The van der Waals surface area contributed by atoms with Crippen LogP contribution in [0.5, 0.6) is 5.75 Å². The molecule has 0 heterocycles. The summed E-state index contributed by atoms with van der Waals surface area (Å²) < 4.78 is 67.6. The standard InChI is InChI=1S/C20H30F3N3O3S.HI/c1-4-16(29-17-8-6-7-15(11-17)20(21,22)23)12-25-18(24-5-2)26-13-19(9-10-19)14-30(3,27)28;/h6-8,11,16H,4-5,9-10,12-14H2,1-3H3,(H2,24,25,26);1H. The van der Waals surface area contributed by atoms with E-state index in [2.05, 4.69) is 15.6 Å². The second-order valence-electron chi connectivity index (χ2n) is 7.82. The zero-order valence-corrected chi connectivity index (χ0v) is 21.1. The number of aliphatic imine (C=N–C) groups is 1. The van der Waals surface area contributed by atoms with E-state index in [9.17, 15) is 21.6 Å². The van der Waals surface area contributed by atoms with Crippen LogP contribution in [-0.2, 0) is 16.0 Å². The molecule has 6 nitrogen and oxygen atoms in total. The Morgan fingerprint density at radius 1 is 1.26 bits per heavy atom. The number of benzene rings is 1. The molecule has 1 aromatic carbocycles. The van der Waals surface area contributed by atoms with E-state index in [0.29, 0.717) is 32.0 Å². The van der Waals surface area contributed by atoms with Gasteiger partial charge in [0, 0.05) is 24.8 Å². The summed E-state index contributed by atoms with van der Waals surface area (Å²) in [4.78, 5) is 4.52. The van der Waals surface area contributed by atoms with Crippen molar-refractivity contribution < 1.29 is 26.3 Å². The van der Waals surface area contributed by atoms with Crippen LogP contribution < -0.4 is 15.4 Å². The van der Waals surface area contributed by atoms with Crippen molar-refractivity contribution in [1.29, 1.82) is 0 Å².